The summed E-state index contributed by atoms with van der Waals surface area (Å²) in [7, 11) is -3.96. The van der Waals surface area contributed by atoms with Crippen molar-refractivity contribution in [2.24, 2.45) is 0 Å². The van der Waals surface area contributed by atoms with E-state index in [0.29, 0.717) is 5.02 Å². The second-order valence-corrected chi connectivity index (χ2v) is 8.07. The number of benzene rings is 2. The Bertz CT molecular complexity index is 1080. The average molecular weight is 447 g/mol. The second-order valence-electron chi connectivity index (χ2n) is 5.14. The molecule has 3 N–H and O–H groups in total. The van der Waals surface area contributed by atoms with Crippen LogP contribution in [0.15, 0.2) is 47.4 Å². The quantitative estimate of drug-likeness (QED) is 0.551. The van der Waals surface area contributed by atoms with E-state index in [9.17, 15) is 13.2 Å². The third-order valence-corrected chi connectivity index (χ3v) is 5.46. The molecule has 0 fully saturated rings. The number of carbonyl (C=O) groups is 1. The fourth-order valence-corrected chi connectivity index (χ4v) is 4.02. The number of carbonyl (C=O) groups excluding carboxylic acids is 1. The summed E-state index contributed by atoms with van der Waals surface area (Å²) in [5, 5.41) is 12.5. The maximum absolute atomic E-state index is 12.5. The van der Waals surface area contributed by atoms with Gasteiger partial charge in [-0.15, -0.1) is 10.2 Å². The van der Waals surface area contributed by atoms with Gasteiger partial charge in [-0.25, -0.2) is 8.42 Å². The van der Waals surface area contributed by atoms with Crippen LogP contribution in [0.4, 0.5) is 11.5 Å². The minimum atomic E-state index is -3.96. The molecule has 0 aliphatic heterocycles. The van der Waals surface area contributed by atoms with Gasteiger partial charge in [0.15, 0.2) is 11.5 Å². The molecule has 3 rings (SSSR count). The van der Waals surface area contributed by atoms with Gasteiger partial charge in [0.25, 0.3) is 15.9 Å². The molecule has 0 aliphatic rings. The number of halogens is 3. The van der Waals surface area contributed by atoms with Crippen LogP contribution >= 0.6 is 34.8 Å². The van der Waals surface area contributed by atoms with Crippen LogP contribution in [0, 0.1) is 0 Å². The van der Waals surface area contributed by atoms with Gasteiger partial charge >= 0.3 is 0 Å². The highest BCUT2D eigenvalue weighted by Crippen LogP contribution is 2.34. The Morgan fingerprint density at radius 1 is 1.00 bits per heavy atom. The van der Waals surface area contributed by atoms with Crippen molar-refractivity contribution >= 4 is 62.2 Å². The topological polar surface area (TPSA) is 117 Å². The van der Waals surface area contributed by atoms with E-state index in [4.69, 9.17) is 34.8 Å². The summed E-state index contributed by atoms with van der Waals surface area (Å²) in [5.74, 6) is -1.06. The number of sulfonamides is 1. The van der Waals surface area contributed by atoms with Crippen LogP contribution in [-0.2, 0) is 10.0 Å². The Labute approximate surface area is 168 Å². The fourth-order valence-electron chi connectivity index (χ4n) is 2.08. The van der Waals surface area contributed by atoms with E-state index in [0.717, 1.165) is 0 Å². The number of hydrogen-bond donors (Lipinski definition) is 3. The van der Waals surface area contributed by atoms with Gasteiger partial charge in [0.1, 0.15) is 0 Å². The molecule has 12 heteroatoms. The van der Waals surface area contributed by atoms with Gasteiger partial charge in [-0.2, -0.15) is 5.21 Å². The number of aromatic nitrogens is 3. The molecule has 0 spiro atoms. The predicted molar refractivity (Wildman–Crippen MR) is 103 cm³/mol. The molecular formula is C15H10Cl3N5O3S. The second kappa shape index (κ2) is 7.73. The first kappa shape index (κ1) is 19.4. The van der Waals surface area contributed by atoms with Crippen molar-refractivity contribution in [2.75, 3.05) is 10.0 Å². The number of aromatic amines is 1. The van der Waals surface area contributed by atoms with Crippen molar-refractivity contribution < 1.29 is 13.2 Å². The maximum Gasteiger partial charge on any atom is 0.280 e. The molecule has 0 radical (unpaired) electrons. The zero-order valence-corrected chi connectivity index (χ0v) is 16.3. The van der Waals surface area contributed by atoms with Crippen molar-refractivity contribution in [1.82, 2.24) is 15.4 Å². The van der Waals surface area contributed by atoms with E-state index < -0.39 is 15.9 Å². The zero-order chi connectivity index (χ0) is 19.6. The van der Waals surface area contributed by atoms with E-state index in [-0.39, 0.29) is 32.1 Å². The molecule has 1 heterocycles. The van der Waals surface area contributed by atoms with E-state index in [1.807, 2.05) is 0 Å². The Morgan fingerprint density at radius 3 is 2.26 bits per heavy atom. The Balaban J connectivity index is 1.86. The van der Waals surface area contributed by atoms with Crippen LogP contribution < -0.4 is 10.0 Å². The monoisotopic (exact) mass is 445 g/mol. The predicted octanol–water partition coefficient (Wildman–Crippen LogP) is 3.82. The lowest BCUT2D eigenvalue weighted by Gasteiger charge is -2.10. The summed E-state index contributed by atoms with van der Waals surface area (Å²) in [5.41, 5.74) is -0.191. The molecule has 0 unspecified atom stereocenters. The van der Waals surface area contributed by atoms with Crippen molar-refractivity contribution in [3.63, 3.8) is 0 Å². The molecule has 0 atom stereocenters. The van der Waals surface area contributed by atoms with Gasteiger partial charge in [-0.3, -0.25) is 9.52 Å². The van der Waals surface area contributed by atoms with Gasteiger partial charge in [0.05, 0.1) is 20.6 Å². The van der Waals surface area contributed by atoms with E-state index in [1.165, 1.54) is 24.3 Å². The molecular weight excluding hydrogens is 437 g/mol. The first-order valence-corrected chi connectivity index (χ1v) is 9.84. The highest BCUT2D eigenvalue weighted by atomic mass is 35.5. The number of rotatable bonds is 5. The third-order valence-electron chi connectivity index (χ3n) is 3.29. The van der Waals surface area contributed by atoms with Crippen molar-refractivity contribution in [3.8, 4) is 0 Å². The standard InChI is InChI=1S/C15H10Cl3N5O3S/c16-8-6-10(17)12(11(18)7-8)19-15(24)13-14(21-23-20-13)22-27(25,26)9-4-2-1-3-5-9/h1-7H,(H,19,24)(H2,20,21,22,23). The van der Waals surface area contributed by atoms with Gasteiger partial charge < -0.3 is 5.32 Å². The number of nitrogens with one attached hydrogen (secondary N) is 3. The molecule has 1 aromatic heterocycles. The minimum absolute atomic E-state index is 0.00292. The molecule has 0 aliphatic carbocycles. The molecule has 0 bridgehead atoms. The molecule has 0 saturated carbocycles. The lowest BCUT2D eigenvalue weighted by atomic mass is 10.3. The molecule has 27 heavy (non-hydrogen) atoms. The van der Waals surface area contributed by atoms with Crippen LogP contribution in [0.3, 0.4) is 0 Å². The van der Waals surface area contributed by atoms with Crippen molar-refractivity contribution in [2.45, 2.75) is 4.90 Å². The summed E-state index contributed by atoms with van der Waals surface area (Å²) in [6, 6.07) is 10.4. The van der Waals surface area contributed by atoms with Gasteiger partial charge in [0, 0.05) is 5.02 Å². The van der Waals surface area contributed by atoms with Crippen LogP contribution in [-0.4, -0.2) is 29.7 Å². The number of anilines is 2. The highest BCUT2D eigenvalue weighted by Gasteiger charge is 2.23. The Hall–Kier alpha value is -2.33. The fraction of sp³-hybridized carbons (Fsp3) is 0. The maximum atomic E-state index is 12.5. The van der Waals surface area contributed by atoms with Crippen LogP contribution in [0.1, 0.15) is 10.5 Å². The van der Waals surface area contributed by atoms with Crippen LogP contribution in [0.2, 0.25) is 15.1 Å². The summed E-state index contributed by atoms with van der Waals surface area (Å²) < 4.78 is 27.0. The van der Waals surface area contributed by atoms with E-state index in [2.05, 4.69) is 25.4 Å². The number of hydrogen-bond acceptors (Lipinski definition) is 5. The summed E-state index contributed by atoms with van der Waals surface area (Å²) >= 11 is 17.9. The normalized spacial score (nSPS) is 11.2. The van der Waals surface area contributed by atoms with Crippen LogP contribution in [0.25, 0.3) is 0 Å². The van der Waals surface area contributed by atoms with Gasteiger partial charge in [0.2, 0.25) is 0 Å². The molecule has 3 aromatic rings. The summed E-state index contributed by atoms with van der Waals surface area (Å²) in [4.78, 5) is 12.5. The Kier molecular flexibility index (Phi) is 5.56. The largest absolute Gasteiger partial charge is 0.318 e. The number of nitrogens with zero attached hydrogens (tertiary/aromatic N) is 2. The number of H-pyrrole nitrogens is 1. The average Bonchev–Trinajstić information content (AvgIpc) is 3.06. The van der Waals surface area contributed by atoms with Gasteiger partial charge in [-0.05, 0) is 24.3 Å². The van der Waals surface area contributed by atoms with Crippen molar-refractivity contribution in [1.29, 1.82) is 0 Å². The lowest BCUT2D eigenvalue weighted by Crippen LogP contribution is -2.19. The summed E-state index contributed by atoms with van der Waals surface area (Å²) in [6.45, 7) is 0. The van der Waals surface area contributed by atoms with Crippen LogP contribution in [0.5, 0.6) is 0 Å². The van der Waals surface area contributed by atoms with Gasteiger partial charge in [-0.1, -0.05) is 53.0 Å². The molecule has 1 amide bonds. The minimum Gasteiger partial charge on any atom is -0.318 e. The lowest BCUT2D eigenvalue weighted by molar-refractivity contribution is 0.102. The van der Waals surface area contributed by atoms with E-state index in [1.54, 1.807) is 18.2 Å². The SMILES string of the molecule is O=C(Nc1c(Cl)cc(Cl)cc1Cl)c1n[nH]nc1NS(=O)(=O)c1ccccc1. The zero-order valence-electron chi connectivity index (χ0n) is 13.2. The number of amides is 1. The molecule has 0 saturated heterocycles. The molecule has 140 valence electrons. The molecule has 2 aromatic carbocycles. The Morgan fingerprint density at radius 2 is 1.63 bits per heavy atom. The van der Waals surface area contributed by atoms with Crippen molar-refractivity contribution in [3.05, 3.63) is 63.2 Å². The van der Waals surface area contributed by atoms with E-state index >= 15 is 0 Å². The first-order valence-electron chi connectivity index (χ1n) is 7.22. The smallest absolute Gasteiger partial charge is 0.280 e. The molecule has 8 nitrogen and oxygen atoms in total. The highest BCUT2D eigenvalue weighted by molar-refractivity contribution is 7.92. The first-order chi connectivity index (χ1) is 12.8. The summed E-state index contributed by atoms with van der Waals surface area (Å²) in [6.07, 6.45) is 0. The third kappa shape index (κ3) is 4.33.